The van der Waals surface area contributed by atoms with Crippen LogP contribution in [0.2, 0.25) is 5.02 Å². The van der Waals surface area contributed by atoms with Crippen LogP contribution < -0.4 is 16.6 Å². The summed E-state index contributed by atoms with van der Waals surface area (Å²) < 4.78 is 13.5. The third kappa shape index (κ3) is 2.66. The average molecular weight is 268 g/mol. The monoisotopic (exact) mass is 267 g/mol. The molecule has 1 aromatic carbocycles. The van der Waals surface area contributed by atoms with Gasteiger partial charge in [-0.25, -0.2) is 15.2 Å². The maximum absolute atomic E-state index is 13.5. The number of benzene rings is 1. The number of hydrazine groups is 1. The summed E-state index contributed by atoms with van der Waals surface area (Å²) in [6.07, 6.45) is 1.02. The Morgan fingerprint density at radius 3 is 2.83 bits per heavy atom. The van der Waals surface area contributed by atoms with E-state index < -0.39 is 5.82 Å². The first-order chi connectivity index (χ1) is 8.60. The quantitative estimate of drug-likeness (QED) is 0.589. The summed E-state index contributed by atoms with van der Waals surface area (Å²) in [5.41, 5.74) is 3.81. The Bertz CT molecular complexity index is 575. The topological polar surface area (TPSA) is 75.9 Å². The van der Waals surface area contributed by atoms with Crippen LogP contribution in [0, 0.1) is 12.7 Å². The fraction of sp³-hybridized carbons (Fsp3) is 0.0909. The third-order valence-corrected chi connectivity index (χ3v) is 2.56. The van der Waals surface area contributed by atoms with Crippen LogP contribution in [0.5, 0.6) is 0 Å². The van der Waals surface area contributed by atoms with Crippen molar-refractivity contribution in [2.45, 2.75) is 6.92 Å². The summed E-state index contributed by atoms with van der Waals surface area (Å²) in [4.78, 5) is 7.50. The molecule has 0 saturated carbocycles. The normalized spacial score (nSPS) is 10.2. The summed E-state index contributed by atoms with van der Waals surface area (Å²) >= 11 is 6.04. The first kappa shape index (κ1) is 12.5. The summed E-state index contributed by atoms with van der Waals surface area (Å²) in [5, 5.41) is 3.27. The molecule has 18 heavy (non-hydrogen) atoms. The van der Waals surface area contributed by atoms with Gasteiger partial charge < -0.3 is 5.32 Å². The Hall–Kier alpha value is -1.92. The van der Waals surface area contributed by atoms with Crippen molar-refractivity contribution in [3.05, 3.63) is 40.8 Å². The van der Waals surface area contributed by atoms with Crippen molar-refractivity contribution in [1.82, 2.24) is 9.97 Å². The Labute approximate surface area is 108 Å². The Kier molecular flexibility index (Phi) is 3.59. The lowest BCUT2D eigenvalue weighted by atomic mass is 10.2. The summed E-state index contributed by atoms with van der Waals surface area (Å²) in [6.45, 7) is 1.91. The fourth-order valence-electron chi connectivity index (χ4n) is 1.37. The van der Waals surface area contributed by atoms with E-state index in [1.165, 1.54) is 0 Å². The Morgan fingerprint density at radius 1 is 1.39 bits per heavy atom. The highest BCUT2D eigenvalue weighted by molar-refractivity contribution is 6.33. The van der Waals surface area contributed by atoms with Crippen LogP contribution in [0.4, 0.5) is 21.8 Å². The van der Waals surface area contributed by atoms with E-state index in [9.17, 15) is 4.39 Å². The number of aryl methyl sites for hydroxylation is 1. The van der Waals surface area contributed by atoms with Crippen LogP contribution in [0.15, 0.2) is 24.4 Å². The van der Waals surface area contributed by atoms with E-state index in [1.807, 2.05) is 13.0 Å². The molecule has 94 valence electrons. The number of rotatable bonds is 3. The van der Waals surface area contributed by atoms with E-state index in [2.05, 4.69) is 20.7 Å². The number of hydrogen-bond acceptors (Lipinski definition) is 5. The third-order valence-electron chi connectivity index (χ3n) is 2.25. The SMILES string of the molecule is Cc1ccc(Nc2nc(NN)ncc2F)c(Cl)c1. The molecule has 1 heterocycles. The lowest BCUT2D eigenvalue weighted by molar-refractivity contribution is 0.619. The van der Waals surface area contributed by atoms with Crippen LogP contribution in [0.25, 0.3) is 0 Å². The molecule has 0 aliphatic carbocycles. The van der Waals surface area contributed by atoms with Crippen molar-refractivity contribution >= 4 is 29.1 Å². The number of nitrogens with two attached hydrogens (primary N) is 1. The smallest absolute Gasteiger partial charge is 0.239 e. The maximum Gasteiger partial charge on any atom is 0.239 e. The van der Waals surface area contributed by atoms with Gasteiger partial charge >= 0.3 is 0 Å². The number of halogens is 2. The van der Waals surface area contributed by atoms with Crippen molar-refractivity contribution in [3.63, 3.8) is 0 Å². The number of nitrogen functional groups attached to an aromatic ring is 1. The molecule has 0 aliphatic rings. The molecule has 0 saturated heterocycles. The molecule has 2 aromatic rings. The molecule has 7 heteroatoms. The molecule has 2 rings (SSSR count). The number of aromatic nitrogens is 2. The summed E-state index contributed by atoms with van der Waals surface area (Å²) in [7, 11) is 0. The number of nitrogens with one attached hydrogen (secondary N) is 2. The van der Waals surface area contributed by atoms with Gasteiger partial charge in [-0.3, -0.25) is 5.43 Å². The minimum Gasteiger partial charge on any atom is -0.336 e. The lowest BCUT2D eigenvalue weighted by Crippen LogP contribution is -2.12. The average Bonchev–Trinajstić information content (AvgIpc) is 2.35. The van der Waals surface area contributed by atoms with Crippen LogP contribution in [0.3, 0.4) is 0 Å². The molecule has 5 nitrogen and oxygen atoms in total. The fourth-order valence-corrected chi connectivity index (χ4v) is 1.66. The number of anilines is 3. The van der Waals surface area contributed by atoms with Crippen molar-refractivity contribution in [3.8, 4) is 0 Å². The zero-order valence-electron chi connectivity index (χ0n) is 9.54. The van der Waals surface area contributed by atoms with Crippen molar-refractivity contribution < 1.29 is 4.39 Å². The molecular formula is C11H11ClFN5. The van der Waals surface area contributed by atoms with Crippen LogP contribution in [0.1, 0.15) is 5.56 Å². The van der Waals surface area contributed by atoms with Crippen LogP contribution >= 0.6 is 11.6 Å². The van der Waals surface area contributed by atoms with Crippen molar-refractivity contribution in [2.24, 2.45) is 5.84 Å². The van der Waals surface area contributed by atoms with Gasteiger partial charge in [0.2, 0.25) is 5.95 Å². The maximum atomic E-state index is 13.5. The predicted octanol–water partition coefficient (Wildman–Crippen LogP) is 2.61. The second-order valence-electron chi connectivity index (χ2n) is 3.64. The Balaban J connectivity index is 2.33. The lowest BCUT2D eigenvalue weighted by Gasteiger charge is -2.09. The van der Waals surface area contributed by atoms with Gasteiger partial charge in [-0.05, 0) is 24.6 Å². The molecule has 0 aliphatic heterocycles. The van der Waals surface area contributed by atoms with Crippen molar-refractivity contribution in [1.29, 1.82) is 0 Å². The van der Waals surface area contributed by atoms with E-state index in [-0.39, 0.29) is 11.8 Å². The number of nitrogens with zero attached hydrogens (tertiary/aromatic N) is 2. The van der Waals surface area contributed by atoms with E-state index in [1.54, 1.807) is 12.1 Å². The molecule has 0 fully saturated rings. The molecular weight excluding hydrogens is 257 g/mol. The zero-order valence-corrected chi connectivity index (χ0v) is 10.3. The van der Waals surface area contributed by atoms with E-state index in [0.717, 1.165) is 11.8 Å². The van der Waals surface area contributed by atoms with E-state index in [4.69, 9.17) is 17.4 Å². The van der Waals surface area contributed by atoms with Crippen LogP contribution in [-0.4, -0.2) is 9.97 Å². The van der Waals surface area contributed by atoms with Gasteiger partial charge in [-0.1, -0.05) is 17.7 Å². The first-order valence-corrected chi connectivity index (χ1v) is 5.50. The van der Waals surface area contributed by atoms with Gasteiger partial charge in [-0.15, -0.1) is 0 Å². The van der Waals surface area contributed by atoms with E-state index in [0.29, 0.717) is 10.7 Å². The highest BCUT2D eigenvalue weighted by Gasteiger charge is 2.08. The van der Waals surface area contributed by atoms with E-state index >= 15 is 0 Å². The minimum atomic E-state index is -0.592. The number of hydrogen-bond donors (Lipinski definition) is 3. The van der Waals surface area contributed by atoms with Gasteiger partial charge in [0.15, 0.2) is 11.6 Å². The second-order valence-corrected chi connectivity index (χ2v) is 4.05. The van der Waals surface area contributed by atoms with Gasteiger partial charge in [0.1, 0.15) is 0 Å². The highest BCUT2D eigenvalue weighted by atomic mass is 35.5. The minimum absolute atomic E-state index is 0.00343. The molecule has 1 aromatic heterocycles. The molecule has 0 atom stereocenters. The van der Waals surface area contributed by atoms with Crippen LogP contribution in [-0.2, 0) is 0 Å². The largest absolute Gasteiger partial charge is 0.336 e. The second kappa shape index (κ2) is 5.16. The Morgan fingerprint density at radius 2 is 2.17 bits per heavy atom. The van der Waals surface area contributed by atoms with Gasteiger partial charge in [0, 0.05) is 0 Å². The van der Waals surface area contributed by atoms with Gasteiger partial charge in [-0.2, -0.15) is 4.98 Å². The zero-order chi connectivity index (χ0) is 13.1. The summed E-state index contributed by atoms with van der Waals surface area (Å²) in [6, 6.07) is 5.37. The highest BCUT2D eigenvalue weighted by Crippen LogP contribution is 2.26. The standard InChI is InChI=1S/C11H11ClFN5/c1-6-2-3-9(7(12)4-6)16-10-8(13)5-15-11(17-10)18-14/h2-5H,14H2,1H3,(H2,15,16,17,18). The van der Waals surface area contributed by atoms with Gasteiger partial charge in [0.25, 0.3) is 0 Å². The molecule has 0 amide bonds. The first-order valence-electron chi connectivity index (χ1n) is 5.12. The predicted molar refractivity (Wildman–Crippen MR) is 69.3 cm³/mol. The molecule has 0 spiro atoms. The molecule has 0 unspecified atom stereocenters. The van der Waals surface area contributed by atoms with Gasteiger partial charge in [0.05, 0.1) is 16.9 Å². The summed E-state index contributed by atoms with van der Waals surface area (Å²) in [5.74, 6) is 4.69. The molecule has 0 radical (unpaired) electrons. The molecule has 4 N–H and O–H groups in total. The van der Waals surface area contributed by atoms with Crippen molar-refractivity contribution in [2.75, 3.05) is 10.7 Å². The molecule has 0 bridgehead atoms.